The van der Waals surface area contributed by atoms with Gasteiger partial charge in [-0.05, 0) is 107 Å². The van der Waals surface area contributed by atoms with Gasteiger partial charge in [0.05, 0.1) is 0 Å². The van der Waals surface area contributed by atoms with Crippen LogP contribution in [0.4, 0.5) is 0 Å². The summed E-state index contributed by atoms with van der Waals surface area (Å²) in [6, 6.07) is 15.1. The summed E-state index contributed by atoms with van der Waals surface area (Å²) in [5.41, 5.74) is 6.43. The highest BCUT2D eigenvalue weighted by Crippen LogP contribution is 2.31. The Balaban J connectivity index is 2.00. The van der Waals surface area contributed by atoms with Gasteiger partial charge in [0.15, 0.2) is 0 Å². The van der Waals surface area contributed by atoms with Crippen LogP contribution in [0.2, 0.25) is 0 Å². The van der Waals surface area contributed by atoms with Crippen molar-refractivity contribution in [3.05, 3.63) is 58.7 Å². The minimum Gasteiger partial charge on any atom is -0.0654 e. The minimum absolute atomic E-state index is 1.24. The van der Waals surface area contributed by atoms with Gasteiger partial charge < -0.3 is 0 Å². The van der Waals surface area contributed by atoms with Gasteiger partial charge in [-0.3, -0.25) is 0 Å². The van der Waals surface area contributed by atoms with Crippen LogP contribution in [0.25, 0.3) is 21.5 Å². The molecule has 0 aliphatic heterocycles. The highest BCUT2D eigenvalue weighted by atomic mass is 14.1. The molecule has 3 aromatic rings. The molecule has 0 heteroatoms. The van der Waals surface area contributed by atoms with Gasteiger partial charge in [-0.15, -0.1) is 0 Å². The summed E-state index contributed by atoms with van der Waals surface area (Å²) in [4.78, 5) is 0. The van der Waals surface area contributed by atoms with Gasteiger partial charge in [0, 0.05) is 0 Å². The van der Waals surface area contributed by atoms with Crippen LogP contribution < -0.4 is 0 Å². The predicted molar refractivity (Wildman–Crippen MR) is 154 cm³/mol. The zero-order chi connectivity index (χ0) is 24.2. The number of hydrogen-bond donors (Lipinski definition) is 0. The lowest BCUT2D eigenvalue weighted by molar-refractivity contribution is 0.694. The standard InChI is InChI=1S/C34H50/c1-5-9-13-17-27-21-31-25-33-23-29(19-15-11-7-3)30(20-16-12-8-4)24-34(33)26-32(31)22-28(27)18-14-10-6-2/h21-26H,5-20H2,1-4H3. The van der Waals surface area contributed by atoms with E-state index in [2.05, 4.69) is 64.1 Å². The smallest absolute Gasteiger partial charge is 0.0175 e. The first kappa shape index (κ1) is 26.8. The van der Waals surface area contributed by atoms with E-state index in [1.165, 1.54) is 124 Å². The summed E-state index contributed by atoms with van der Waals surface area (Å²) in [5.74, 6) is 0. The van der Waals surface area contributed by atoms with Crippen molar-refractivity contribution >= 4 is 21.5 Å². The second-order valence-electron chi connectivity index (χ2n) is 10.6. The van der Waals surface area contributed by atoms with E-state index in [0.29, 0.717) is 0 Å². The van der Waals surface area contributed by atoms with Gasteiger partial charge in [-0.2, -0.15) is 0 Å². The van der Waals surface area contributed by atoms with Crippen molar-refractivity contribution in [2.75, 3.05) is 0 Å². The highest BCUT2D eigenvalue weighted by Gasteiger charge is 2.10. The van der Waals surface area contributed by atoms with E-state index in [1.807, 2.05) is 0 Å². The molecule has 186 valence electrons. The topological polar surface area (TPSA) is 0 Å². The maximum absolute atomic E-state index is 2.54. The Hall–Kier alpha value is -1.82. The van der Waals surface area contributed by atoms with Gasteiger partial charge in [-0.1, -0.05) is 103 Å². The summed E-state index contributed by atoms with van der Waals surface area (Å²) in [5, 5.41) is 5.76. The third-order valence-corrected chi connectivity index (χ3v) is 7.63. The third-order valence-electron chi connectivity index (χ3n) is 7.63. The summed E-state index contributed by atoms with van der Waals surface area (Å²) in [6.07, 6.45) is 20.8. The second-order valence-corrected chi connectivity index (χ2v) is 10.6. The Kier molecular flexibility index (Phi) is 11.5. The molecule has 0 aliphatic rings. The van der Waals surface area contributed by atoms with Crippen molar-refractivity contribution in [3.8, 4) is 0 Å². The molecule has 0 fully saturated rings. The van der Waals surface area contributed by atoms with E-state index in [4.69, 9.17) is 0 Å². The van der Waals surface area contributed by atoms with Crippen LogP contribution in [0, 0.1) is 0 Å². The van der Waals surface area contributed by atoms with E-state index in [9.17, 15) is 0 Å². The molecule has 0 bridgehead atoms. The molecule has 0 saturated heterocycles. The van der Waals surface area contributed by atoms with Crippen LogP contribution in [0.5, 0.6) is 0 Å². The quantitative estimate of drug-likeness (QED) is 0.148. The Morgan fingerprint density at radius 3 is 0.765 bits per heavy atom. The number of hydrogen-bond acceptors (Lipinski definition) is 0. The fourth-order valence-electron chi connectivity index (χ4n) is 5.48. The second kappa shape index (κ2) is 14.6. The largest absolute Gasteiger partial charge is 0.0654 e. The number of aryl methyl sites for hydroxylation is 4. The number of fused-ring (bicyclic) bond motifs is 2. The molecule has 0 atom stereocenters. The van der Waals surface area contributed by atoms with Crippen LogP contribution in [0.3, 0.4) is 0 Å². The van der Waals surface area contributed by atoms with E-state index in [1.54, 1.807) is 22.3 Å². The number of rotatable bonds is 16. The van der Waals surface area contributed by atoms with Crippen molar-refractivity contribution in [1.29, 1.82) is 0 Å². The SMILES string of the molecule is CCCCCc1cc2cc3cc(CCCCC)c(CCCCC)cc3cc2cc1CCCCC. The average Bonchev–Trinajstić information content (AvgIpc) is 2.84. The fourth-order valence-corrected chi connectivity index (χ4v) is 5.48. The Morgan fingerprint density at radius 1 is 0.324 bits per heavy atom. The summed E-state index contributed by atoms with van der Waals surface area (Å²) in [6.45, 7) is 9.24. The molecular formula is C34H50. The lowest BCUT2D eigenvalue weighted by Gasteiger charge is -2.15. The maximum atomic E-state index is 2.54. The van der Waals surface area contributed by atoms with E-state index < -0.39 is 0 Å². The van der Waals surface area contributed by atoms with E-state index in [0.717, 1.165) is 0 Å². The molecule has 0 amide bonds. The first-order valence-electron chi connectivity index (χ1n) is 14.7. The highest BCUT2D eigenvalue weighted by molar-refractivity contribution is 5.99. The predicted octanol–water partition coefficient (Wildman–Crippen LogP) is 10.9. The van der Waals surface area contributed by atoms with Crippen molar-refractivity contribution in [3.63, 3.8) is 0 Å². The lowest BCUT2D eigenvalue weighted by Crippen LogP contribution is -1.98. The minimum atomic E-state index is 1.24. The molecule has 34 heavy (non-hydrogen) atoms. The third kappa shape index (κ3) is 7.59. The Bertz CT molecular complexity index is 849. The van der Waals surface area contributed by atoms with Gasteiger partial charge in [0.2, 0.25) is 0 Å². The molecule has 3 rings (SSSR count). The summed E-state index contributed by atoms with van der Waals surface area (Å²) in [7, 11) is 0. The molecule has 0 unspecified atom stereocenters. The van der Waals surface area contributed by atoms with Gasteiger partial charge in [0.25, 0.3) is 0 Å². The normalized spacial score (nSPS) is 11.6. The molecule has 3 aromatic carbocycles. The lowest BCUT2D eigenvalue weighted by atomic mass is 9.90. The molecule has 0 heterocycles. The molecule has 0 aliphatic carbocycles. The van der Waals surface area contributed by atoms with E-state index >= 15 is 0 Å². The van der Waals surface area contributed by atoms with Crippen molar-refractivity contribution in [1.82, 2.24) is 0 Å². The van der Waals surface area contributed by atoms with Crippen LogP contribution in [0.15, 0.2) is 36.4 Å². The molecule has 0 saturated carbocycles. The molecule has 0 radical (unpaired) electrons. The van der Waals surface area contributed by atoms with E-state index in [-0.39, 0.29) is 0 Å². The molecule has 0 N–H and O–H groups in total. The van der Waals surface area contributed by atoms with Gasteiger partial charge in [-0.25, -0.2) is 0 Å². The maximum Gasteiger partial charge on any atom is -0.0175 e. The Labute approximate surface area is 210 Å². The monoisotopic (exact) mass is 458 g/mol. The van der Waals surface area contributed by atoms with Crippen molar-refractivity contribution in [2.45, 2.75) is 130 Å². The molecule has 0 spiro atoms. The molecule has 0 nitrogen and oxygen atoms in total. The average molecular weight is 459 g/mol. The zero-order valence-corrected chi connectivity index (χ0v) is 22.8. The van der Waals surface area contributed by atoms with Crippen molar-refractivity contribution in [2.24, 2.45) is 0 Å². The first-order valence-corrected chi connectivity index (χ1v) is 14.7. The molecular weight excluding hydrogens is 408 g/mol. The van der Waals surface area contributed by atoms with Crippen LogP contribution in [-0.4, -0.2) is 0 Å². The number of benzene rings is 3. The Morgan fingerprint density at radius 2 is 0.559 bits per heavy atom. The zero-order valence-electron chi connectivity index (χ0n) is 22.8. The van der Waals surface area contributed by atoms with Crippen LogP contribution in [0.1, 0.15) is 127 Å². The summed E-state index contributed by atoms with van der Waals surface area (Å²) < 4.78 is 0. The number of unbranched alkanes of at least 4 members (excludes halogenated alkanes) is 8. The van der Waals surface area contributed by atoms with Gasteiger partial charge >= 0.3 is 0 Å². The van der Waals surface area contributed by atoms with Crippen LogP contribution >= 0.6 is 0 Å². The first-order chi connectivity index (χ1) is 16.7. The fraction of sp³-hybridized carbons (Fsp3) is 0.588. The molecule has 0 aromatic heterocycles. The van der Waals surface area contributed by atoms with Gasteiger partial charge in [0.1, 0.15) is 0 Å². The summed E-state index contributed by atoms with van der Waals surface area (Å²) >= 11 is 0. The van der Waals surface area contributed by atoms with Crippen LogP contribution in [-0.2, 0) is 25.7 Å². The van der Waals surface area contributed by atoms with Crippen molar-refractivity contribution < 1.29 is 0 Å².